The number of hydrazine groups is 1. The number of hydrogen-bond donors (Lipinski definition) is 18. The topological polar surface area (TPSA) is 592 Å². The van der Waals surface area contributed by atoms with Crippen molar-refractivity contribution >= 4 is 47.4 Å². The van der Waals surface area contributed by atoms with Crippen LogP contribution in [-0.4, -0.2) is 361 Å². The van der Waals surface area contributed by atoms with Gasteiger partial charge in [-0.1, -0.05) is 44.5 Å². The van der Waals surface area contributed by atoms with Crippen molar-refractivity contribution in [3.63, 3.8) is 0 Å². The maximum absolute atomic E-state index is 14.9. The summed E-state index contributed by atoms with van der Waals surface area (Å²) in [7, 11) is 0. The average molecular weight is 1630 g/mol. The number of unbranched alkanes of at least 4 members (excludes halogenated alkanes) is 9. The van der Waals surface area contributed by atoms with Crippen LogP contribution >= 0.6 is 0 Å². The van der Waals surface area contributed by atoms with E-state index >= 15 is 0 Å². The molecule has 0 aromatic carbocycles. The number of aliphatic hydroxyl groups is 12. The summed E-state index contributed by atoms with van der Waals surface area (Å²) < 4.78 is 51.3. The quantitative estimate of drug-likeness (QED) is 0.00973. The van der Waals surface area contributed by atoms with E-state index in [2.05, 4.69) is 51.6 Å². The molecule has 2 aromatic rings. The van der Waals surface area contributed by atoms with Crippen molar-refractivity contribution in [3.8, 4) is 0 Å². The van der Waals surface area contributed by atoms with Gasteiger partial charge in [0, 0.05) is 129 Å². The number of nitrogens with zero attached hydrogens (tertiary/aromatic N) is 11. The largest absolute Gasteiger partial charge is 0.394 e. The first-order valence-corrected chi connectivity index (χ1v) is 39.7. The molecule has 4 aliphatic rings. The first kappa shape index (κ1) is 96.6. The third-order valence-electron chi connectivity index (χ3n) is 20.2. The van der Waals surface area contributed by atoms with Crippen molar-refractivity contribution in [1.29, 1.82) is 5.41 Å². The first-order chi connectivity index (χ1) is 54.4. The molecule has 6 heterocycles. The summed E-state index contributed by atoms with van der Waals surface area (Å²) in [6.07, 6.45) is -3.74. The molecule has 0 radical (unpaired) electrons. The van der Waals surface area contributed by atoms with Gasteiger partial charge in [-0.05, 0) is 90.0 Å². The highest BCUT2D eigenvalue weighted by Gasteiger charge is 2.49. The Morgan fingerprint density at radius 3 is 1.39 bits per heavy atom. The molecular weight excluding hydrogens is 1500 g/mol. The number of hydrazone groups is 2. The SMILES string of the molecule is CC(=O)N[C@H]1[C@H](OCCCCCn2cc(CN(CCCC[C@@H](C(=O)C(C)(C)C)N(CC(=N)C=[N+](N)CCCCCO[C@@H]3O[C@H](CO)[C@H](O)[C@H](O)[C@H]3NC(C)=O)CC(C=NCCCCCO[C@@H]3O[C@H](CO)[C@H](O)[C@H](O)[C@H]3C)=NN)Cc3cn(CCCCCO[C@@H]4O[C@H](CO)[C@H](O)[C@H](O)[C@H]4NC(C)=O)nn3)nn2)O[C@H](CO)[C@H](O)[C@@H]1O. The Kier molecular flexibility index (Phi) is 42.2. The number of hydrogen-bond acceptors (Lipinski definition) is 35. The Morgan fingerprint density at radius 1 is 0.579 bits per heavy atom. The fraction of sp³-hybridized carbons (Fsp3) is 0.836. The lowest BCUT2D eigenvalue weighted by Gasteiger charge is -2.42. The zero-order chi connectivity index (χ0) is 83.6. The molecule has 20 N–H and O–H groups in total. The second kappa shape index (κ2) is 49.9. The van der Waals surface area contributed by atoms with Crippen LogP contribution in [0.25, 0.3) is 0 Å². The zero-order valence-electron chi connectivity index (χ0n) is 66.9. The van der Waals surface area contributed by atoms with Crippen LogP contribution in [0, 0.1) is 16.7 Å². The second-order valence-electron chi connectivity index (χ2n) is 30.8. The average Bonchev–Trinajstić information content (AvgIpc) is 0.937. The summed E-state index contributed by atoms with van der Waals surface area (Å²) in [4.78, 5) is 59.4. The number of nitrogens with one attached hydrogen (secondary N) is 4. The molecule has 0 spiro atoms. The minimum absolute atomic E-state index is 0.0222. The number of Topliss-reactive ketones (excluding diaryl/α,β-unsaturated/α-hetero) is 1. The van der Waals surface area contributed by atoms with Crippen molar-refractivity contribution in [2.24, 2.45) is 33.1 Å². The van der Waals surface area contributed by atoms with Gasteiger partial charge in [-0.3, -0.25) is 48.7 Å². The molecule has 0 unspecified atom stereocenters. The van der Waals surface area contributed by atoms with Gasteiger partial charge in [0.15, 0.2) is 37.5 Å². The lowest BCUT2D eigenvalue weighted by molar-refractivity contribution is -0.534. The van der Waals surface area contributed by atoms with E-state index in [0.717, 1.165) is 0 Å². The van der Waals surface area contributed by atoms with Crippen LogP contribution in [0.1, 0.15) is 156 Å². The van der Waals surface area contributed by atoms with E-state index < -0.39 is 178 Å². The highest BCUT2D eigenvalue weighted by atomic mass is 16.7. The monoisotopic (exact) mass is 1630 g/mol. The molecule has 4 fully saturated rings. The summed E-state index contributed by atoms with van der Waals surface area (Å²) in [5.41, 5.74) is 0.906. The van der Waals surface area contributed by atoms with E-state index in [1.54, 1.807) is 22.5 Å². The summed E-state index contributed by atoms with van der Waals surface area (Å²) in [6.45, 7) is 12.5. The van der Waals surface area contributed by atoms with Crippen molar-refractivity contribution < 1.29 is 123 Å². The maximum atomic E-state index is 14.9. The van der Waals surface area contributed by atoms with Gasteiger partial charge in [0.1, 0.15) is 91.0 Å². The molecule has 2 aromatic heterocycles. The number of aliphatic hydroxyl groups excluding tert-OH is 12. The van der Waals surface area contributed by atoms with Crippen molar-refractivity contribution in [2.45, 2.75) is 294 Å². The third-order valence-corrected chi connectivity index (χ3v) is 20.2. The fourth-order valence-corrected chi connectivity index (χ4v) is 13.9. The lowest BCUT2D eigenvalue weighted by atomic mass is 9.83. The predicted octanol–water partition coefficient (Wildman–Crippen LogP) is -4.66. The lowest BCUT2D eigenvalue weighted by Crippen LogP contribution is -2.64. The number of ether oxygens (including phenoxy) is 8. The Bertz CT molecular complexity index is 3160. The molecule has 3 amide bonds. The zero-order valence-corrected chi connectivity index (χ0v) is 66.9. The molecular formula is C73H130N17O24+. The van der Waals surface area contributed by atoms with Crippen molar-refractivity contribution in [1.82, 2.24) is 55.7 Å². The van der Waals surface area contributed by atoms with Crippen LogP contribution in [-0.2, 0) is 83.3 Å². The van der Waals surface area contributed by atoms with Crippen LogP contribution in [0.2, 0.25) is 0 Å². The number of amides is 3. The van der Waals surface area contributed by atoms with E-state index in [4.69, 9.17) is 49.6 Å². The minimum atomic E-state index is -1.46. The summed E-state index contributed by atoms with van der Waals surface area (Å²) in [5, 5.41) is 162. The van der Waals surface area contributed by atoms with Gasteiger partial charge in [0.2, 0.25) is 23.9 Å². The van der Waals surface area contributed by atoms with Gasteiger partial charge in [-0.25, -0.2) is 5.84 Å². The number of rotatable bonds is 52. The molecule has 0 bridgehead atoms. The van der Waals surface area contributed by atoms with E-state index in [-0.39, 0.29) is 44.4 Å². The number of aliphatic imine (C=N–C) groups is 1. The third kappa shape index (κ3) is 31.2. The van der Waals surface area contributed by atoms with Gasteiger partial charge in [0.25, 0.3) is 0 Å². The Hall–Kier alpha value is -6.24. The highest BCUT2D eigenvalue weighted by molar-refractivity contribution is 6.32. The highest BCUT2D eigenvalue weighted by Crippen LogP contribution is 2.30. The van der Waals surface area contributed by atoms with E-state index in [0.29, 0.717) is 166 Å². The number of carbonyl (C=O) groups excluding carboxylic acids is 4. The molecule has 41 heteroatoms. The van der Waals surface area contributed by atoms with Crippen LogP contribution < -0.4 is 27.6 Å². The number of nitrogens with two attached hydrogens (primary N) is 2. The van der Waals surface area contributed by atoms with Gasteiger partial charge in [-0.2, -0.15) is 5.10 Å². The predicted molar refractivity (Wildman–Crippen MR) is 408 cm³/mol. The molecule has 21 atom stereocenters. The molecule has 650 valence electrons. The van der Waals surface area contributed by atoms with Crippen LogP contribution in [0.3, 0.4) is 0 Å². The molecule has 0 aliphatic carbocycles. The molecule has 6 rings (SSSR count). The van der Waals surface area contributed by atoms with E-state index in [9.17, 15) is 85.9 Å². The van der Waals surface area contributed by atoms with Gasteiger partial charge in [-0.15, -0.1) is 14.9 Å². The van der Waals surface area contributed by atoms with Crippen LogP contribution in [0.5, 0.6) is 0 Å². The minimum Gasteiger partial charge on any atom is -0.394 e. The van der Waals surface area contributed by atoms with Gasteiger partial charge < -0.3 is 121 Å². The van der Waals surface area contributed by atoms with Crippen LogP contribution in [0.4, 0.5) is 0 Å². The molecule has 41 nitrogen and oxygen atoms in total. The molecule has 4 aliphatic heterocycles. The van der Waals surface area contributed by atoms with Crippen LogP contribution in [0.15, 0.2) is 22.5 Å². The number of aryl methyl sites for hydroxylation is 2. The summed E-state index contributed by atoms with van der Waals surface area (Å²) in [5.74, 6) is 10.6. The fourth-order valence-electron chi connectivity index (χ4n) is 13.9. The molecule has 0 saturated carbocycles. The normalized spacial score (nSPS) is 28.8. The smallest absolute Gasteiger partial charge is 0.217 e. The summed E-state index contributed by atoms with van der Waals surface area (Å²) in [6, 6.07) is -3.97. The number of ketones is 1. The van der Waals surface area contributed by atoms with Crippen molar-refractivity contribution in [3.05, 3.63) is 23.8 Å². The van der Waals surface area contributed by atoms with E-state index in [1.807, 2.05) is 38.1 Å². The maximum Gasteiger partial charge on any atom is 0.217 e. The number of carbonyl (C=O) groups is 4. The Balaban J connectivity index is 1.13. The second-order valence-corrected chi connectivity index (χ2v) is 30.8. The van der Waals surface area contributed by atoms with Gasteiger partial charge >= 0.3 is 0 Å². The summed E-state index contributed by atoms with van der Waals surface area (Å²) >= 11 is 0. The standard InChI is InChI=1S/C73H129N17O24/c1-44-60(98)61(99)53(40-91)111-69(44)107-28-18-8-13-23-77-32-49(81-75)37-87(33-48(74)34-88(76)25-14-9-19-29-108-70-57(78-45(2)95)65(103)62(100)54(41-92)112-70)52(68(106)73(5,6)7)22-12-17-24-86(35-50-38-89(84-82-50)26-15-10-20-30-109-71-58(79-46(3)96)66(104)63(101)55(42-93)113-71)36-51-39-90(85-83-51)27-16-11-21-31-110-72-59(80-47(4)97)67(105)64(102)56(43-94)114-72/h32,34,38-39,44,52-67,69-72,91-94,98-105H,8-31,33,35-37,40-43H2,1-7H3,(H7-,74,75,76,77,78,79,80,95,96,97)/p+1/t44-,52+,53-,54-,55-,56-,57-,58-,59-,60-,61+,62+,63+,64+,65-,66-,67-,69-,70-,71-,72-/m1/s1. The Morgan fingerprint density at radius 2 is 0.982 bits per heavy atom. The molecule has 4 saturated heterocycles. The first-order valence-electron chi connectivity index (χ1n) is 39.7. The Labute approximate surface area is 665 Å². The number of aromatic nitrogens is 6. The molecule has 114 heavy (non-hydrogen) atoms. The van der Waals surface area contributed by atoms with E-state index in [1.165, 1.54) is 31.7 Å². The van der Waals surface area contributed by atoms with Crippen molar-refractivity contribution in [2.75, 3.05) is 85.6 Å². The van der Waals surface area contributed by atoms with Gasteiger partial charge in [0.05, 0.1) is 55.7 Å².